The maximum atomic E-state index is 5.06. The Balaban J connectivity index is 1.62. The third-order valence-corrected chi connectivity index (χ3v) is 4.04. The molecule has 2 rings (SSSR count). The molecule has 0 bridgehead atoms. The normalized spacial score (nSPS) is 30.6. The smallest absolute Gasteiger partial charge is 0.0462 e. The van der Waals surface area contributed by atoms with Crippen molar-refractivity contribution in [2.75, 3.05) is 33.4 Å². The Morgan fingerprint density at radius 2 is 2.12 bits per heavy atom. The molecule has 3 heteroatoms. The zero-order valence-electron chi connectivity index (χ0n) is 10.6. The quantitative estimate of drug-likeness (QED) is 0.697. The lowest BCUT2D eigenvalue weighted by Gasteiger charge is -2.32. The molecule has 3 nitrogen and oxygen atoms in total. The Hall–Kier alpha value is -0.120. The van der Waals surface area contributed by atoms with E-state index in [-0.39, 0.29) is 0 Å². The second kappa shape index (κ2) is 6.58. The summed E-state index contributed by atoms with van der Waals surface area (Å²) < 4.78 is 5.06. The Morgan fingerprint density at radius 1 is 1.19 bits per heavy atom. The van der Waals surface area contributed by atoms with Crippen LogP contribution in [0.5, 0.6) is 0 Å². The van der Waals surface area contributed by atoms with Crippen LogP contribution in [0.2, 0.25) is 0 Å². The summed E-state index contributed by atoms with van der Waals surface area (Å²) in [5.74, 6) is 0. The molecule has 1 N–H and O–H groups in total. The second-order valence-electron chi connectivity index (χ2n) is 5.15. The first-order valence-electron chi connectivity index (χ1n) is 6.88. The fourth-order valence-corrected chi connectivity index (χ4v) is 3.14. The third-order valence-electron chi connectivity index (χ3n) is 4.04. The monoisotopic (exact) mass is 226 g/mol. The van der Waals surface area contributed by atoms with Gasteiger partial charge in [0.25, 0.3) is 0 Å². The van der Waals surface area contributed by atoms with Gasteiger partial charge in [-0.05, 0) is 45.2 Å². The van der Waals surface area contributed by atoms with Crippen LogP contribution in [0.25, 0.3) is 0 Å². The van der Waals surface area contributed by atoms with Crippen LogP contribution in [-0.2, 0) is 4.74 Å². The molecule has 0 saturated carbocycles. The van der Waals surface area contributed by atoms with Crippen molar-refractivity contribution in [3.8, 4) is 0 Å². The minimum Gasteiger partial charge on any atom is -0.385 e. The first-order chi connectivity index (χ1) is 7.92. The van der Waals surface area contributed by atoms with Crippen molar-refractivity contribution in [1.29, 1.82) is 0 Å². The number of methoxy groups -OCH3 is 1. The fraction of sp³-hybridized carbons (Fsp3) is 1.00. The molecule has 2 saturated heterocycles. The molecule has 94 valence electrons. The van der Waals surface area contributed by atoms with Gasteiger partial charge in [0.1, 0.15) is 0 Å². The standard InChI is InChI=1S/C13H26N2O/c1-16-11-5-3-8-14-12-7-10-15-9-4-2-6-13(12)15/h12-14H,2-11H2,1H3. The van der Waals surface area contributed by atoms with Crippen molar-refractivity contribution in [3.63, 3.8) is 0 Å². The van der Waals surface area contributed by atoms with E-state index in [0.29, 0.717) is 0 Å². The summed E-state index contributed by atoms with van der Waals surface area (Å²) in [6.45, 7) is 4.73. The lowest BCUT2D eigenvalue weighted by atomic mass is 9.99. The number of hydrogen-bond donors (Lipinski definition) is 1. The number of nitrogens with zero attached hydrogens (tertiary/aromatic N) is 1. The van der Waals surface area contributed by atoms with E-state index in [2.05, 4.69) is 10.2 Å². The number of fused-ring (bicyclic) bond motifs is 1. The maximum Gasteiger partial charge on any atom is 0.0462 e. The summed E-state index contributed by atoms with van der Waals surface area (Å²) in [6, 6.07) is 1.61. The van der Waals surface area contributed by atoms with Crippen molar-refractivity contribution < 1.29 is 4.74 Å². The van der Waals surface area contributed by atoms with Gasteiger partial charge in [0, 0.05) is 32.3 Å². The van der Waals surface area contributed by atoms with Crippen LogP contribution < -0.4 is 5.32 Å². The lowest BCUT2D eigenvalue weighted by molar-refractivity contribution is 0.177. The number of nitrogens with one attached hydrogen (secondary N) is 1. The molecule has 2 fully saturated rings. The first kappa shape index (κ1) is 12.3. The van der Waals surface area contributed by atoms with Crippen LogP contribution >= 0.6 is 0 Å². The molecule has 0 aromatic carbocycles. The molecule has 16 heavy (non-hydrogen) atoms. The van der Waals surface area contributed by atoms with Gasteiger partial charge in [-0.3, -0.25) is 4.90 Å². The van der Waals surface area contributed by atoms with Crippen LogP contribution in [0, 0.1) is 0 Å². The van der Waals surface area contributed by atoms with Crippen molar-refractivity contribution in [1.82, 2.24) is 10.2 Å². The number of ether oxygens (including phenoxy) is 1. The van der Waals surface area contributed by atoms with Crippen molar-refractivity contribution in [2.45, 2.75) is 50.6 Å². The number of rotatable bonds is 6. The Labute approximate surface area is 99.5 Å². The number of hydrogen-bond acceptors (Lipinski definition) is 3. The minimum atomic E-state index is 0.767. The summed E-state index contributed by atoms with van der Waals surface area (Å²) in [7, 11) is 1.78. The van der Waals surface area contributed by atoms with Crippen LogP contribution in [-0.4, -0.2) is 50.3 Å². The van der Waals surface area contributed by atoms with Gasteiger partial charge < -0.3 is 10.1 Å². The van der Waals surface area contributed by atoms with Gasteiger partial charge in [0.05, 0.1) is 0 Å². The SMILES string of the molecule is COCCCCNC1CCN2CCCCC12. The average Bonchev–Trinajstić information content (AvgIpc) is 2.73. The maximum absolute atomic E-state index is 5.06. The van der Waals surface area contributed by atoms with Crippen LogP contribution in [0.3, 0.4) is 0 Å². The van der Waals surface area contributed by atoms with Gasteiger partial charge in [-0.2, -0.15) is 0 Å². The minimum absolute atomic E-state index is 0.767. The molecule has 2 aliphatic rings. The van der Waals surface area contributed by atoms with E-state index in [0.717, 1.165) is 18.7 Å². The van der Waals surface area contributed by atoms with E-state index in [1.165, 1.54) is 58.2 Å². The van der Waals surface area contributed by atoms with Gasteiger partial charge in [-0.1, -0.05) is 6.42 Å². The summed E-state index contributed by atoms with van der Waals surface area (Å²) >= 11 is 0. The Bertz CT molecular complexity index is 198. The summed E-state index contributed by atoms with van der Waals surface area (Å²) in [4.78, 5) is 2.69. The van der Waals surface area contributed by atoms with E-state index < -0.39 is 0 Å². The van der Waals surface area contributed by atoms with Crippen LogP contribution in [0.15, 0.2) is 0 Å². The van der Waals surface area contributed by atoms with Crippen LogP contribution in [0.1, 0.15) is 38.5 Å². The van der Waals surface area contributed by atoms with E-state index in [1.54, 1.807) is 7.11 Å². The molecule has 2 unspecified atom stereocenters. The molecule has 2 heterocycles. The molecule has 2 atom stereocenters. The summed E-state index contributed by atoms with van der Waals surface area (Å²) in [5, 5.41) is 3.74. The highest BCUT2D eigenvalue weighted by molar-refractivity contribution is 4.93. The number of unbranched alkanes of at least 4 members (excludes halogenated alkanes) is 1. The molecule has 0 aliphatic carbocycles. The van der Waals surface area contributed by atoms with Gasteiger partial charge >= 0.3 is 0 Å². The zero-order chi connectivity index (χ0) is 11.2. The third kappa shape index (κ3) is 3.19. The predicted molar refractivity (Wildman–Crippen MR) is 66.7 cm³/mol. The molecular weight excluding hydrogens is 200 g/mol. The predicted octanol–water partition coefficient (Wildman–Crippen LogP) is 1.63. The van der Waals surface area contributed by atoms with Gasteiger partial charge in [-0.25, -0.2) is 0 Å². The molecule has 0 aromatic rings. The second-order valence-corrected chi connectivity index (χ2v) is 5.15. The highest BCUT2D eigenvalue weighted by Crippen LogP contribution is 2.26. The number of piperidine rings is 1. The average molecular weight is 226 g/mol. The van der Waals surface area contributed by atoms with Gasteiger partial charge in [-0.15, -0.1) is 0 Å². The van der Waals surface area contributed by atoms with Crippen molar-refractivity contribution in [2.24, 2.45) is 0 Å². The van der Waals surface area contributed by atoms with Crippen molar-refractivity contribution in [3.05, 3.63) is 0 Å². The highest BCUT2D eigenvalue weighted by Gasteiger charge is 2.34. The molecule has 0 radical (unpaired) electrons. The highest BCUT2D eigenvalue weighted by atomic mass is 16.5. The molecule has 0 spiro atoms. The fourth-order valence-electron chi connectivity index (χ4n) is 3.14. The molecule has 2 aliphatic heterocycles. The van der Waals surface area contributed by atoms with Gasteiger partial charge in [0.2, 0.25) is 0 Å². The van der Waals surface area contributed by atoms with Gasteiger partial charge in [0.15, 0.2) is 0 Å². The van der Waals surface area contributed by atoms with E-state index >= 15 is 0 Å². The summed E-state index contributed by atoms with van der Waals surface area (Å²) in [6.07, 6.45) is 8.05. The van der Waals surface area contributed by atoms with Crippen LogP contribution in [0.4, 0.5) is 0 Å². The van der Waals surface area contributed by atoms with E-state index in [4.69, 9.17) is 4.74 Å². The molecular formula is C13H26N2O. The Kier molecular flexibility index (Phi) is 5.07. The van der Waals surface area contributed by atoms with E-state index in [9.17, 15) is 0 Å². The topological polar surface area (TPSA) is 24.5 Å². The lowest BCUT2D eigenvalue weighted by Crippen LogP contribution is -2.45. The molecule has 0 amide bonds. The first-order valence-corrected chi connectivity index (χ1v) is 6.88. The molecule has 0 aromatic heterocycles. The Morgan fingerprint density at radius 3 is 3.00 bits per heavy atom. The van der Waals surface area contributed by atoms with Crippen molar-refractivity contribution >= 4 is 0 Å². The summed E-state index contributed by atoms with van der Waals surface area (Å²) in [5.41, 5.74) is 0. The zero-order valence-corrected chi connectivity index (χ0v) is 10.6. The van der Waals surface area contributed by atoms with E-state index in [1.807, 2.05) is 0 Å². The largest absolute Gasteiger partial charge is 0.385 e.